The third-order valence-electron chi connectivity index (χ3n) is 2.93. The van der Waals surface area contributed by atoms with Gasteiger partial charge in [-0.05, 0) is 31.4 Å². The lowest BCUT2D eigenvalue weighted by molar-refractivity contribution is -0.127. The molecule has 19 heavy (non-hydrogen) atoms. The van der Waals surface area contributed by atoms with Gasteiger partial charge in [-0.15, -0.1) is 0 Å². The number of carbonyl (C=O) groups excluding carboxylic acids is 1. The lowest BCUT2D eigenvalue weighted by atomic mass is 10.0. The number of ether oxygens (including phenoxy) is 1. The molecule has 2 unspecified atom stereocenters. The number of hydrogen-bond donors (Lipinski definition) is 2. The topological polar surface area (TPSA) is 58.6 Å². The first-order chi connectivity index (χ1) is 9.00. The van der Waals surface area contributed by atoms with E-state index in [4.69, 9.17) is 4.74 Å². The molecule has 0 fully saturated rings. The quantitative estimate of drug-likeness (QED) is 0.792. The maximum absolute atomic E-state index is 11.8. The molecule has 0 aliphatic heterocycles. The molecule has 2 atom stereocenters. The van der Waals surface area contributed by atoms with Crippen molar-refractivity contribution in [1.29, 1.82) is 0 Å². The van der Waals surface area contributed by atoms with Crippen molar-refractivity contribution < 1.29 is 14.6 Å². The molecule has 1 rings (SSSR count). The van der Waals surface area contributed by atoms with Gasteiger partial charge in [-0.2, -0.15) is 0 Å². The highest BCUT2D eigenvalue weighted by molar-refractivity contribution is 5.80. The Labute approximate surface area is 114 Å². The second kappa shape index (κ2) is 7.79. The predicted octanol–water partition coefficient (Wildman–Crippen LogP) is 1.98. The normalized spacial score (nSPS) is 13.9. The maximum Gasteiger partial charge on any atom is 0.260 e. The standard InChI is InChI=1S/C15H23NO3/c1-11(2)14(17)9-10-16-15(18)12(3)19-13-7-5-4-6-8-13/h4-8,11-12,14,17H,9-10H2,1-3H3,(H,16,18). The highest BCUT2D eigenvalue weighted by Gasteiger charge is 2.15. The van der Waals surface area contributed by atoms with Crippen molar-refractivity contribution in [2.24, 2.45) is 5.92 Å². The van der Waals surface area contributed by atoms with Crippen LogP contribution in [0.25, 0.3) is 0 Å². The molecule has 2 N–H and O–H groups in total. The summed E-state index contributed by atoms with van der Waals surface area (Å²) in [4.78, 5) is 11.8. The monoisotopic (exact) mass is 265 g/mol. The molecule has 1 aromatic carbocycles. The number of hydrogen-bond acceptors (Lipinski definition) is 3. The maximum atomic E-state index is 11.8. The van der Waals surface area contributed by atoms with Crippen molar-refractivity contribution in [1.82, 2.24) is 5.32 Å². The zero-order valence-electron chi connectivity index (χ0n) is 11.8. The van der Waals surface area contributed by atoms with Gasteiger partial charge >= 0.3 is 0 Å². The highest BCUT2D eigenvalue weighted by Crippen LogP contribution is 2.10. The lowest BCUT2D eigenvalue weighted by Gasteiger charge is -2.17. The molecule has 0 heterocycles. The number of rotatable bonds is 7. The zero-order valence-corrected chi connectivity index (χ0v) is 11.8. The fourth-order valence-electron chi connectivity index (χ4n) is 1.58. The van der Waals surface area contributed by atoms with Crippen LogP contribution in [0.3, 0.4) is 0 Å². The van der Waals surface area contributed by atoms with Gasteiger partial charge in [0.25, 0.3) is 5.91 Å². The molecular formula is C15H23NO3. The average molecular weight is 265 g/mol. The van der Waals surface area contributed by atoms with Crippen LogP contribution in [0.2, 0.25) is 0 Å². The van der Waals surface area contributed by atoms with E-state index in [2.05, 4.69) is 5.32 Å². The van der Waals surface area contributed by atoms with Crippen LogP contribution in [0.4, 0.5) is 0 Å². The predicted molar refractivity (Wildman–Crippen MR) is 75.0 cm³/mol. The van der Waals surface area contributed by atoms with Gasteiger partial charge < -0.3 is 15.2 Å². The Kier molecular flexibility index (Phi) is 6.36. The summed E-state index contributed by atoms with van der Waals surface area (Å²) in [5, 5.41) is 12.4. The van der Waals surface area contributed by atoms with Crippen molar-refractivity contribution in [2.75, 3.05) is 6.54 Å². The molecule has 0 saturated heterocycles. The van der Waals surface area contributed by atoms with Crippen LogP contribution in [0.1, 0.15) is 27.2 Å². The molecule has 0 aliphatic rings. The molecule has 1 aromatic rings. The van der Waals surface area contributed by atoms with E-state index in [9.17, 15) is 9.90 Å². The van der Waals surface area contributed by atoms with Crippen molar-refractivity contribution in [3.05, 3.63) is 30.3 Å². The van der Waals surface area contributed by atoms with Crippen molar-refractivity contribution in [3.63, 3.8) is 0 Å². The number of benzene rings is 1. The summed E-state index contributed by atoms with van der Waals surface area (Å²) in [6.45, 7) is 6.07. The van der Waals surface area contributed by atoms with Crippen molar-refractivity contribution in [3.8, 4) is 5.75 Å². The summed E-state index contributed by atoms with van der Waals surface area (Å²) >= 11 is 0. The zero-order chi connectivity index (χ0) is 14.3. The first-order valence-corrected chi connectivity index (χ1v) is 6.68. The Morgan fingerprint density at radius 3 is 2.47 bits per heavy atom. The molecule has 0 radical (unpaired) electrons. The van der Waals surface area contributed by atoms with Gasteiger partial charge in [0.2, 0.25) is 0 Å². The van der Waals surface area contributed by atoms with Crippen molar-refractivity contribution in [2.45, 2.75) is 39.4 Å². The van der Waals surface area contributed by atoms with E-state index in [0.717, 1.165) is 0 Å². The summed E-state index contributed by atoms with van der Waals surface area (Å²) in [5.41, 5.74) is 0. The molecular weight excluding hydrogens is 242 g/mol. The number of carbonyl (C=O) groups is 1. The van der Waals surface area contributed by atoms with Crippen LogP contribution in [-0.4, -0.2) is 29.8 Å². The molecule has 4 heteroatoms. The molecule has 1 amide bonds. The number of amides is 1. The summed E-state index contributed by atoms with van der Waals surface area (Å²) in [5.74, 6) is 0.710. The second-order valence-corrected chi connectivity index (χ2v) is 4.96. The molecule has 0 aromatic heterocycles. The molecule has 0 spiro atoms. The Hall–Kier alpha value is -1.55. The van der Waals surface area contributed by atoms with Crippen LogP contribution in [0.5, 0.6) is 5.75 Å². The van der Waals surface area contributed by atoms with Gasteiger partial charge in [0.1, 0.15) is 5.75 Å². The summed E-state index contributed by atoms with van der Waals surface area (Å²) < 4.78 is 5.51. The SMILES string of the molecule is CC(Oc1ccccc1)C(=O)NCCC(O)C(C)C. The number of para-hydroxylation sites is 1. The van der Waals surface area contributed by atoms with Gasteiger partial charge in [-0.3, -0.25) is 4.79 Å². The Morgan fingerprint density at radius 2 is 1.89 bits per heavy atom. The second-order valence-electron chi connectivity index (χ2n) is 4.96. The van der Waals surface area contributed by atoms with E-state index < -0.39 is 6.10 Å². The first kappa shape index (κ1) is 15.5. The van der Waals surface area contributed by atoms with E-state index in [1.807, 2.05) is 44.2 Å². The van der Waals surface area contributed by atoms with E-state index in [-0.39, 0.29) is 17.9 Å². The van der Waals surface area contributed by atoms with Gasteiger partial charge in [-0.1, -0.05) is 32.0 Å². The van der Waals surface area contributed by atoms with Gasteiger partial charge in [-0.25, -0.2) is 0 Å². The summed E-state index contributed by atoms with van der Waals surface area (Å²) in [6.07, 6.45) is -0.370. The first-order valence-electron chi connectivity index (χ1n) is 6.68. The minimum atomic E-state index is -0.543. The van der Waals surface area contributed by atoms with Crippen LogP contribution < -0.4 is 10.1 Å². The van der Waals surface area contributed by atoms with E-state index in [1.54, 1.807) is 6.92 Å². The minimum absolute atomic E-state index is 0.167. The fraction of sp³-hybridized carbons (Fsp3) is 0.533. The molecule has 0 aliphatic carbocycles. The smallest absolute Gasteiger partial charge is 0.260 e. The fourth-order valence-corrected chi connectivity index (χ4v) is 1.58. The van der Waals surface area contributed by atoms with Crippen molar-refractivity contribution >= 4 is 5.91 Å². The van der Waals surface area contributed by atoms with Crippen LogP contribution in [0.15, 0.2) is 30.3 Å². The van der Waals surface area contributed by atoms with Gasteiger partial charge in [0, 0.05) is 6.54 Å². The lowest BCUT2D eigenvalue weighted by Crippen LogP contribution is -2.38. The molecule has 0 bridgehead atoms. The third kappa shape index (κ3) is 5.75. The van der Waals surface area contributed by atoms with Gasteiger partial charge in [0.15, 0.2) is 6.10 Å². The average Bonchev–Trinajstić information content (AvgIpc) is 2.39. The summed E-state index contributed by atoms with van der Waals surface area (Å²) in [7, 11) is 0. The van der Waals surface area contributed by atoms with Crippen LogP contribution in [-0.2, 0) is 4.79 Å². The number of nitrogens with one attached hydrogen (secondary N) is 1. The summed E-state index contributed by atoms with van der Waals surface area (Å²) in [6, 6.07) is 9.24. The van der Waals surface area contributed by atoms with E-state index in [1.165, 1.54) is 0 Å². The molecule has 0 saturated carbocycles. The van der Waals surface area contributed by atoms with Crippen LogP contribution in [0, 0.1) is 5.92 Å². The third-order valence-corrected chi connectivity index (χ3v) is 2.93. The number of aliphatic hydroxyl groups is 1. The Morgan fingerprint density at radius 1 is 1.26 bits per heavy atom. The largest absolute Gasteiger partial charge is 0.481 e. The van der Waals surface area contributed by atoms with E-state index >= 15 is 0 Å². The van der Waals surface area contributed by atoms with Gasteiger partial charge in [0.05, 0.1) is 6.10 Å². The molecule has 4 nitrogen and oxygen atoms in total. The Bertz CT molecular complexity index is 378. The van der Waals surface area contributed by atoms with E-state index in [0.29, 0.717) is 18.7 Å². The van der Waals surface area contributed by atoms with Crippen LogP contribution >= 0.6 is 0 Å². The minimum Gasteiger partial charge on any atom is -0.481 e. The molecule has 106 valence electrons. The number of aliphatic hydroxyl groups excluding tert-OH is 1. The Balaban J connectivity index is 2.29. The highest BCUT2D eigenvalue weighted by atomic mass is 16.5.